The van der Waals surface area contributed by atoms with Gasteiger partial charge in [-0.25, -0.2) is 4.79 Å². The summed E-state index contributed by atoms with van der Waals surface area (Å²) in [6.45, 7) is 6.84. The van der Waals surface area contributed by atoms with Crippen molar-refractivity contribution in [3.05, 3.63) is 53.9 Å². The van der Waals surface area contributed by atoms with Gasteiger partial charge in [-0.15, -0.1) is 0 Å². The smallest absolute Gasteiger partial charge is 0.410 e. The van der Waals surface area contributed by atoms with E-state index in [1.807, 2.05) is 51.4 Å². The molecule has 0 bridgehead atoms. The van der Waals surface area contributed by atoms with E-state index in [1.165, 1.54) is 0 Å². The van der Waals surface area contributed by atoms with Gasteiger partial charge < -0.3 is 9.64 Å². The lowest BCUT2D eigenvalue weighted by atomic mass is 10.0. The van der Waals surface area contributed by atoms with Crippen molar-refractivity contribution < 1.29 is 14.4 Å². The molecule has 3 rings (SSSR count). The molecular formula is C21H26N4O3. The summed E-state index contributed by atoms with van der Waals surface area (Å²) in [6.07, 6.45) is 6.89. The molecule has 2 heterocycles. The number of hydroxylamine groups is 1. The van der Waals surface area contributed by atoms with Crippen LogP contribution in [-0.4, -0.2) is 41.0 Å². The van der Waals surface area contributed by atoms with Gasteiger partial charge in [-0.05, 0) is 57.4 Å². The lowest BCUT2D eigenvalue weighted by Gasteiger charge is -2.35. The van der Waals surface area contributed by atoms with E-state index in [4.69, 9.17) is 14.8 Å². The molecule has 0 spiro atoms. The molecule has 148 valence electrons. The molecule has 1 aromatic carbocycles. The molecule has 7 heteroatoms. The number of allylic oxidation sites excluding steroid dienone is 2. The van der Waals surface area contributed by atoms with Crippen molar-refractivity contribution in [2.24, 2.45) is 0 Å². The van der Waals surface area contributed by atoms with Crippen LogP contribution in [0.4, 0.5) is 4.79 Å². The number of hydrogen-bond donors (Lipinski definition) is 1. The van der Waals surface area contributed by atoms with E-state index in [0.29, 0.717) is 18.7 Å². The summed E-state index contributed by atoms with van der Waals surface area (Å²) >= 11 is 0. The van der Waals surface area contributed by atoms with Crippen LogP contribution in [-0.2, 0) is 9.57 Å². The Balaban J connectivity index is 1.46. The number of carbonyl (C=O) groups is 1. The molecule has 0 aliphatic carbocycles. The number of amides is 1. The van der Waals surface area contributed by atoms with Crippen molar-refractivity contribution in [3.63, 3.8) is 0 Å². The summed E-state index contributed by atoms with van der Waals surface area (Å²) in [7, 11) is 0. The predicted octanol–water partition coefficient (Wildman–Crippen LogP) is 3.56. The standard InChI is InChI=1S/C21H26N4O3/c1-21(2,3)27-20(26)24-11-9-19(10-12-24)28-25-13-8-18(15-23-25)17-6-4-16(14-22)5-7-17/h4-8,13,15,19,23H,9-12H2,1-3H3. The zero-order valence-corrected chi connectivity index (χ0v) is 16.5. The van der Waals surface area contributed by atoms with Gasteiger partial charge in [-0.2, -0.15) is 10.4 Å². The van der Waals surface area contributed by atoms with Crippen molar-refractivity contribution in [1.29, 1.82) is 5.26 Å². The number of hydrogen-bond acceptors (Lipinski definition) is 6. The van der Waals surface area contributed by atoms with E-state index in [2.05, 4.69) is 11.5 Å². The van der Waals surface area contributed by atoms with Gasteiger partial charge >= 0.3 is 6.09 Å². The minimum atomic E-state index is -0.480. The van der Waals surface area contributed by atoms with Crippen LogP contribution in [0.2, 0.25) is 0 Å². The summed E-state index contributed by atoms with van der Waals surface area (Å²) in [6, 6.07) is 9.54. The SMILES string of the molecule is CC(C)(C)OC(=O)N1CCC(ON2C=CC(c3ccc(C#N)cc3)=CN2)CC1. The van der Waals surface area contributed by atoms with Crippen LogP contribution in [0.5, 0.6) is 0 Å². The quantitative estimate of drug-likeness (QED) is 0.861. The highest BCUT2D eigenvalue weighted by molar-refractivity contribution is 5.74. The first-order valence-electron chi connectivity index (χ1n) is 9.43. The molecule has 7 nitrogen and oxygen atoms in total. The van der Waals surface area contributed by atoms with Crippen molar-refractivity contribution in [2.75, 3.05) is 13.1 Å². The number of ether oxygens (including phenoxy) is 1. The van der Waals surface area contributed by atoms with Gasteiger partial charge in [0.2, 0.25) is 0 Å². The molecule has 1 aromatic rings. The average Bonchev–Trinajstić information content (AvgIpc) is 2.68. The topological polar surface area (TPSA) is 77.8 Å². The molecule has 28 heavy (non-hydrogen) atoms. The second-order valence-corrected chi connectivity index (χ2v) is 7.83. The van der Waals surface area contributed by atoms with E-state index >= 15 is 0 Å². The molecule has 0 unspecified atom stereocenters. The number of hydrazine groups is 1. The van der Waals surface area contributed by atoms with Crippen molar-refractivity contribution >= 4 is 11.7 Å². The van der Waals surface area contributed by atoms with E-state index in [0.717, 1.165) is 24.0 Å². The van der Waals surface area contributed by atoms with Crippen LogP contribution in [0.1, 0.15) is 44.7 Å². The third kappa shape index (κ3) is 5.27. The maximum Gasteiger partial charge on any atom is 0.410 e. The highest BCUT2D eigenvalue weighted by atomic mass is 16.7. The monoisotopic (exact) mass is 382 g/mol. The minimum Gasteiger partial charge on any atom is -0.444 e. The summed E-state index contributed by atoms with van der Waals surface area (Å²) in [5.74, 6) is 0. The Labute approximate surface area is 165 Å². The highest BCUT2D eigenvalue weighted by Gasteiger charge is 2.28. The Hall–Kier alpha value is -2.98. The van der Waals surface area contributed by atoms with Gasteiger partial charge in [0.15, 0.2) is 0 Å². The number of nitrogens with zero attached hydrogens (tertiary/aromatic N) is 3. The van der Waals surface area contributed by atoms with Crippen LogP contribution in [0.15, 0.2) is 42.7 Å². The van der Waals surface area contributed by atoms with Crippen molar-refractivity contribution in [2.45, 2.75) is 45.3 Å². The first kappa shape index (κ1) is 19.8. The number of rotatable bonds is 3. The highest BCUT2D eigenvalue weighted by Crippen LogP contribution is 2.21. The Morgan fingerprint density at radius 1 is 1.21 bits per heavy atom. The molecule has 2 aliphatic heterocycles. The maximum atomic E-state index is 12.1. The van der Waals surface area contributed by atoms with Crippen molar-refractivity contribution in [1.82, 2.24) is 15.5 Å². The molecule has 0 saturated carbocycles. The predicted molar refractivity (Wildman–Crippen MR) is 105 cm³/mol. The second kappa shape index (κ2) is 8.36. The number of nitrogens with one attached hydrogen (secondary N) is 1. The maximum absolute atomic E-state index is 12.1. The number of piperidine rings is 1. The fourth-order valence-corrected chi connectivity index (χ4v) is 2.99. The van der Waals surface area contributed by atoms with Crippen molar-refractivity contribution in [3.8, 4) is 6.07 Å². The fraction of sp³-hybridized carbons (Fsp3) is 0.429. The first-order chi connectivity index (χ1) is 13.3. The third-order valence-electron chi connectivity index (χ3n) is 4.44. The molecule has 1 amide bonds. The van der Waals surface area contributed by atoms with Crippen LogP contribution in [0.25, 0.3) is 5.57 Å². The molecule has 2 aliphatic rings. The summed E-state index contributed by atoms with van der Waals surface area (Å²) in [5.41, 5.74) is 5.28. The van der Waals surface area contributed by atoms with Crippen LogP contribution < -0.4 is 5.43 Å². The summed E-state index contributed by atoms with van der Waals surface area (Å²) in [4.78, 5) is 19.8. The zero-order chi connectivity index (χ0) is 20.1. The van der Waals surface area contributed by atoms with Crippen LogP contribution >= 0.6 is 0 Å². The summed E-state index contributed by atoms with van der Waals surface area (Å²) in [5, 5.41) is 10.5. The largest absolute Gasteiger partial charge is 0.444 e. The molecule has 0 aromatic heterocycles. The molecule has 1 N–H and O–H groups in total. The molecular weight excluding hydrogens is 356 g/mol. The van der Waals surface area contributed by atoms with Gasteiger partial charge in [0, 0.05) is 24.9 Å². The Morgan fingerprint density at radius 2 is 1.89 bits per heavy atom. The zero-order valence-electron chi connectivity index (χ0n) is 16.5. The molecule has 0 atom stereocenters. The Morgan fingerprint density at radius 3 is 2.43 bits per heavy atom. The van der Waals surface area contributed by atoms with Gasteiger partial charge in [0.25, 0.3) is 0 Å². The van der Waals surface area contributed by atoms with Crippen LogP contribution in [0, 0.1) is 11.3 Å². The Bertz CT molecular complexity index is 794. The lowest BCUT2D eigenvalue weighted by Crippen LogP contribution is -2.45. The van der Waals surface area contributed by atoms with Gasteiger partial charge in [-0.1, -0.05) is 12.1 Å². The second-order valence-electron chi connectivity index (χ2n) is 7.83. The average molecular weight is 382 g/mol. The van der Waals surface area contributed by atoms with E-state index < -0.39 is 5.60 Å². The molecule has 0 radical (unpaired) electrons. The van der Waals surface area contributed by atoms with E-state index in [1.54, 1.807) is 22.2 Å². The third-order valence-corrected chi connectivity index (χ3v) is 4.44. The fourth-order valence-electron chi connectivity index (χ4n) is 2.99. The van der Waals surface area contributed by atoms with Gasteiger partial charge in [0.1, 0.15) is 5.60 Å². The van der Waals surface area contributed by atoms with E-state index in [9.17, 15) is 4.79 Å². The van der Waals surface area contributed by atoms with Crippen LogP contribution in [0.3, 0.4) is 0 Å². The summed E-state index contributed by atoms with van der Waals surface area (Å²) < 4.78 is 5.42. The number of likely N-dealkylation sites (tertiary alicyclic amines) is 1. The van der Waals surface area contributed by atoms with E-state index in [-0.39, 0.29) is 12.2 Å². The number of carbonyl (C=O) groups excluding carboxylic acids is 1. The molecule has 1 saturated heterocycles. The molecule has 1 fully saturated rings. The van der Waals surface area contributed by atoms with Gasteiger partial charge in [0.05, 0.1) is 23.9 Å². The minimum absolute atomic E-state index is 0.0284. The first-order valence-corrected chi connectivity index (χ1v) is 9.43. The number of benzene rings is 1. The normalized spacial score (nSPS) is 17.6. The Kier molecular flexibility index (Phi) is 5.90. The van der Waals surface area contributed by atoms with Gasteiger partial charge in [-0.3, -0.25) is 10.3 Å². The number of nitriles is 1. The lowest BCUT2D eigenvalue weighted by molar-refractivity contribution is -0.198.